The second kappa shape index (κ2) is 13.0. The van der Waals surface area contributed by atoms with Gasteiger partial charge in [-0.3, -0.25) is 32.7 Å². The Kier molecular flexibility index (Phi) is 8.90. The van der Waals surface area contributed by atoms with Gasteiger partial charge in [-0.1, -0.05) is 27.7 Å². The van der Waals surface area contributed by atoms with Crippen LogP contribution in [0.1, 0.15) is 98.3 Å². The van der Waals surface area contributed by atoms with Crippen LogP contribution in [0, 0.1) is 5.92 Å². The average molecular weight is 683 g/mol. The van der Waals surface area contributed by atoms with E-state index in [0.717, 1.165) is 12.8 Å². The number of anilines is 4. The van der Waals surface area contributed by atoms with Crippen molar-refractivity contribution < 1.29 is 14.3 Å². The molecule has 2 aromatic heterocycles. The first-order valence-corrected chi connectivity index (χ1v) is 18.4. The van der Waals surface area contributed by atoms with Crippen LogP contribution >= 0.6 is 0 Å². The number of hydrogen-bond acceptors (Lipinski definition) is 11. The van der Waals surface area contributed by atoms with Crippen molar-refractivity contribution in [3.8, 4) is 0 Å². The molecule has 0 amide bonds. The van der Waals surface area contributed by atoms with Crippen LogP contribution in [0.15, 0.2) is 19.2 Å². The molecule has 49 heavy (non-hydrogen) atoms. The molecule has 8 rings (SSSR count). The molecule has 2 aromatic rings. The van der Waals surface area contributed by atoms with E-state index in [2.05, 4.69) is 5.32 Å². The fourth-order valence-corrected chi connectivity index (χ4v) is 8.57. The van der Waals surface area contributed by atoms with Crippen molar-refractivity contribution in [1.29, 1.82) is 0 Å². The van der Waals surface area contributed by atoms with Crippen molar-refractivity contribution >= 4 is 29.0 Å². The summed E-state index contributed by atoms with van der Waals surface area (Å²) in [5.74, 6) is 0.350. The minimum atomic E-state index is -1.01. The fraction of sp³-hybridized carbons (Fsp3) is 0.735. The van der Waals surface area contributed by atoms with Gasteiger partial charge >= 0.3 is 17.3 Å². The Balaban J connectivity index is 1.52. The molecule has 2 atom stereocenters. The van der Waals surface area contributed by atoms with Crippen LogP contribution in [0.2, 0.25) is 0 Å². The summed E-state index contributed by atoms with van der Waals surface area (Å²) in [6.45, 7) is 9.73. The first kappa shape index (κ1) is 33.5. The normalized spacial score (nSPS) is 25.8. The Morgan fingerprint density at radius 3 is 1.90 bits per heavy atom. The third kappa shape index (κ3) is 5.13. The number of nitrogens with one attached hydrogen (secondary N) is 1. The van der Waals surface area contributed by atoms with Crippen LogP contribution in [-0.4, -0.2) is 55.5 Å². The van der Waals surface area contributed by atoms with E-state index in [-0.39, 0.29) is 42.9 Å². The Hall–Kier alpha value is -4.01. The van der Waals surface area contributed by atoms with Gasteiger partial charge in [-0.05, 0) is 70.6 Å². The quantitative estimate of drug-likeness (QED) is 0.349. The lowest BCUT2D eigenvalue weighted by molar-refractivity contribution is -0.190. The molecule has 7 heterocycles. The maximum Gasteiger partial charge on any atom is 0.332 e. The summed E-state index contributed by atoms with van der Waals surface area (Å²) >= 11 is 0. The Morgan fingerprint density at radius 1 is 0.735 bits per heavy atom. The first-order valence-electron chi connectivity index (χ1n) is 18.4. The third-order valence-electron chi connectivity index (χ3n) is 10.9. The number of nitrogens with zero attached hydrogens (tertiary/aromatic N) is 7. The van der Waals surface area contributed by atoms with Gasteiger partial charge in [0.15, 0.2) is 29.1 Å². The molecule has 1 N–H and O–H groups in total. The minimum absolute atomic E-state index is 0.136. The van der Waals surface area contributed by atoms with Gasteiger partial charge in [-0.2, -0.15) is 0 Å². The van der Waals surface area contributed by atoms with Gasteiger partial charge in [0.05, 0.1) is 5.92 Å². The zero-order valence-electron chi connectivity index (χ0n) is 29.2. The van der Waals surface area contributed by atoms with Crippen molar-refractivity contribution in [3.63, 3.8) is 0 Å². The molecule has 0 aromatic carbocycles. The van der Waals surface area contributed by atoms with Gasteiger partial charge in [-0.25, -0.2) is 19.6 Å². The van der Waals surface area contributed by atoms with Crippen LogP contribution in [-0.2, 0) is 40.4 Å². The van der Waals surface area contributed by atoms with Gasteiger partial charge in [0.2, 0.25) is 0 Å². The van der Waals surface area contributed by atoms with Crippen molar-refractivity contribution in [2.24, 2.45) is 5.92 Å². The van der Waals surface area contributed by atoms with Crippen LogP contribution in [0.3, 0.4) is 0 Å². The molecule has 15 nitrogen and oxygen atoms in total. The van der Waals surface area contributed by atoms with E-state index in [1.165, 1.54) is 9.13 Å². The molecule has 15 heteroatoms. The maximum absolute atomic E-state index is 14.4. The second-order valence-corrected chi connectivity index (χ2v) is 14.1. The number of esters is 1. The van der Waals surface area contributed by atoms with Crippen molar-refractivity contribution in [1.82, 2.24) is 18.3 Å². The van der Waals surface area contributed by atoms with Crippen LogP contribution in [0.4, 0.5) is 23.0 Å². The molecule has 3 saturated heterocycles. The highest BCUT2D eigenvalue weighted by molar-refractivity contribution is 5.82. The number of hydrazine groups is 1. The number of carbonyl (C=O) groups is 1. The number of aromatic nitrogens is 4. The van der Waals surface area contributed by atoms with Gasteiger partial charge in [0.1, 0.15) is 18.6 Å². The summed E-state index contributed by atoms with van der Waals surface area (Å²) in [4.78, 5) is 72.2. The van der Waals surface area contributed by atoms with Crippen LogP contribution < -0.4 is 42.7 Å². The predicted octanol–water partition coefficient (Wildman–Crippen LogP) is 2.74. The summed E-state index contributed by atoms with van der Waals surface area (Å²) in [6.07, 6.45) is 6.29. The highest BCUT2D eigenvalue weighted by atomic mass is 16.6. The summed E-state index contributed by atoms with van der Waals surface area (Å²) in [7, 11) is 0. The molecule has 6 aliphatic rings. The Morgan fingerprint density at radius 2 is 1.33 bits per heavy atom. The van der Waals surface area contributed by atoms with E-state index in [4.69, 9.17) is 9.47 Å². The monoisotopic (exact) mass is 682 g/mol. The average Bonchev–Trinajstić information content (AvgIpc) is 3.70. The van der Waals surface area contributed by atoms with Crippen molar-refractivity contribution in [2.45, 2.75) is 142 Å². The van der Waals surface area contributed by atoms with Gasteiger partial charge < -0.3 is 19.7 Å². The van der Waals surface area contributed by atoms with Gasteiger partial charge in [0, 0.05) is 32.8 Å². The maximum atomic E-state index is 14.4. The Labute approximate surface area is 285 Å². The number of rotatable bonds is 11. The molecule has 1 aliphatic carbocycles. The summed E-state index contributed by atoms with van der Waals surface area (Å²) in [5, 5.41) is 7.25. The van der Waals surface area contributed by atoms with E-state index in [9.17, 15) is 24.0 Å². The summed E-state index contributed by atoms with van der Waals surface area (Å²) in [6, 6.07) is 0. The molecule has 0 radical (unpaired) electrons. The highest BCUT2D eigenvalue weighted by Crippen LogP contribution is 2.51. The second-order valence-electron chi connectivity index (χ2n) is 14.1. The number of hydrogen-bond donors (Lipinski definition) is 1. The van der Waals surface area contributed by atoms with Gasteiger partial charge in [-0.15, -0.1) is 0 Å². The van der Waals surface area contributed by atoms with Crippen molar-refractivity contribution in [3.05, 3.63) is 41.7 Å². The first-order chi connectivity index (χ1) is 23.7. The lowest BCUT2D eigenvalue weighted by Gasteiger charge is -2.51. The van der Waals surface area contributed by atoms with E-state index >= 15 is 0 Å². The number of ether oxygens (including phenoxy) is 2. The predicted molar refractivity (Wildman–Crippen MR) is 185 cm³/mol. The standard InChI is InChI=1S/C34H50N8O7/c1-5-16-36-26-24(28(43)38(18-7-3)32(36)46)35-31(34-14-12-22(13-15-34)30(45)49-34)42(26)41-21-40(23-11-9-10-20-48-23)25-27(41)37(17-6-2)33(47)39(19-8-4)29(25)44/h22-23,31,35H,5-21H2,1-4H3. The van der Waals surface area contributed by atoms with Crippen molar-refractivity contribution in [2.75, 3.05) is 33.5 Å². The fourth-order valence-electron chi connectivity index (χ4n) is 8.57. The molecule has 268 valence electrons. The smallest absolute Gasteiger partial charge is 0.332 e. The third-order valence-corrected chi connectivity index (χ3v) is 10.9. The molecular formula is C34H50N8O7. The summed E-state index contributed by atoms with van der Waals surface area (Å²) < 4.78 is 18.5. The van der Waals surface area contributed by atoms with Crippen LogP contribution in [0.5, 0.6) is 0 Å². The topological polar surface area (TPSA) is 145 Å². The molecule has 0 spiro atoms. The molecule has 5 aliphatic heterocycles. The molecule has 2 unspecified atom stereocenters. The summed E-state index contributed by atoms with van der Waals surface area (Å²) in [5.41, 5.74) is -2.04. The molecule has 1 saturated carbocycles. The van der Waals surface area contributed by atoms with Crippen LogP contribution in [0.25, 0.3) is 0 Å². The Bertz CT molecular complexity index is 1850. The lowest BCUT2D eigenvalue weighted by Crippen LogP contribution is -2.66. The van der Waals surface area contributed by atoms with E-state index in [0.29, 0.717) is 94.8 Å². The zero-order valence-corrected chi connectivity index (χ0v) is 29.2. The minimum Gasteiger partial charge on any atom is -0.455 e. The van der Waals surface area contributed by atoms with E-state index in [1.807, 2.05) is 42.6 Å². The molecular weight excluding hydrogens is 632 g/mol. The molecule has 4 fully saturated rings. The highest BCUT2D eigenvalue weighted by Gasteiger charge is 2.59. The van der Waals surface area contributed by atoms with Gasteiger partial charge in [0.25, 0.3) is 11.1 Å². The molecule has 2 bridgehead atoms. The zero-order chi connectivity index (χ0) is 34.6. The van der Waals surface area contributed by atoms with E-state index in [1.54, 1.807) is 9.13 Å². The SMILES string of the molecule is CCCn1c2c(c(=O)n(CCC)c1=O)N(C1CCCCO1)CN2N1c2c(c(=O)n(CCC)c(=O)n2CCC)NC1C12CCC(CC1)C(=O)O2. The number of carbonyl (C=O) groups excluding carboxylic acids is 1. The van der Waals surface area contributed by atoms with E-state index < -0.39 is 34.9 Å². The number of fused-ring (bicyclic) bond motifs is 5. The largest absolute Gasteiger partial charge is 0.455 e. The lowest BCUT2D eigenvalue weighted by atomic mass is 9.74.